The summed E-state index contributed by atoms with van der Waals surface area (Å²) in [6, 6.07) is -12.3. The van der Waals surface area contributed by atoms with Gasteiger partial charge in [-0.3, -0.25) is 47.7 Å². The third kappa shape index (κ3) is 27.7. The van der Waals surface area contributed by atoms with Crippen LogP contribution in [0.5, 0.6) is 0 Å². The van der Waals surface area contributed by atoms with Crippen LogP contribution in [0, 0.1) is 5.92 Å². The molecule has 22 N–H and O–H groups in total. The molecule has 0 saturated carbocycles. The van der Waals surface area contributed by atoms with Crippen LogP contribution in [0.15, 0.2) is 0 Å². The molecule has 2 heterocycles. The molecule has 11 atom stereocenters. The summed E-state index contributed by atoms with van der Waals surface area (Å²) in [4.78, 5) is 158. The standard InChI is InChI=1S/C53H100N15O15P/c1-32(2)31-41(53(78)79)66-49(74)38(19-7-12-26-56)64-47(72)37(18-6-11-25-55)61-44(69)33(3)60-46(71)36(17-5-10-24-54)63-48(73)39(20-8-13-27-57)65-51(76)42-23-16-30-68(42)52(77)43(34(4)83-84(80,81)82)67-50(75)40(21-9-14-28-58)62-45(70)35-22-15-29-59-35/h32-43,59H,5-31,54-58H2,1-4H3,(H,60,71)(H,61,69)(H,62,70)(H,63,73)(H,64,72)(H,65,76)(H,66,74)(H,67,75)(H,78,79)(H2,80,81,82)/t33-,34+,35-,36-,37-,38-,39-,40-,41-,42-,43-/m0/s1. The van der Waals surface area contributed by atoms with Crippen LogP contribution in [0.4, 0.5) is 0 Å². The molecule has 2 saturated heterocycles. The highest BCUT2D eigenvalue weighted by atomic mass is 31.2. The van der Waals surface area contributed by atoms with Gasteiger partial charge < -0.3 is 96.3 Å². The predicted octanol–water partition coefficient (Wildman–Crippen LogP) is -3.10. The van der Waals surface area contributed by atoms with Crippen molar-refractivity contribution in [3.05, 3.63) is 0 Å². The fourth-order valence-corrected chi connectivity index (χ4v) is 10.4. The minimum absolute atomic E-state index is 0.0199. The fourth-order valence-electron chi connectivity index (χ4n) is 9.84. The quantitative estimate of drug-likeness (QED) is 0.0212. The van der Waals surface area contributed by atoms with Gasteiger partial charge in [-0.2, -0.15) is 0 Å². The van der Waals surface area contributed by atoms with Crippen molar-refractivity contribution in [1.82, 2.24) is 52.8 Å². The zero-order valence-corrected chi connectivity index (χ0v) is 50.4. The van der Waals surface area contributed by atoms with Gasteiger partial charge in [0.2, 0.25) is 53.2 Å². The highest BCUT2D eigenvalue weighted by Crippen LogP contribution is 2.38. The molecule has 84 heavy (non-hydrogen) atoms. The lowest BCUT2D eigenvalue weighted by Gasteiger charge is -2.33. The summed E-state index contributed by atoms with van der Waals surface area (Å²) in [5.41, 5.74) is 28.7. The van der Waals surface area contributed by atoms with E-state index < -0.39 is 133 Å². The molecule has 0 aromatic heterocycles. The van der Waals surface area contributed by atoms with Crippen molar-refractivity contribution in [1.29, 1.82) is 0 Å². The van der Waals surface area contributed by atoms with Gasteiger partial charge in [0.15, 0.2) is 0 Å². The summed E-state index contributed by atoms with van der Waals surface area (Å²) in [5.74, 6) is -8.21. The number of rotatable bonds is 43. The van der Waals surface area contributed by atoms with Gasteiger partial charge in [-0.1, -0.05) is 13.8 Å². The zero-order valence-electron chi connectivity index (χ0n) is 49.5. The Bertz CT molecular complexity index is 2160. The van der Waals surface area contributed by atoms with E-state index in [9.17, 15) is 67.4 Å². The summed E-state index contributed by atoms with van der Waals surface area (Å²) in [5, 5.41) is 33.9. The predicted molar refractivity (Wildman–Crippen MR) is 311 cm³/mol. The van der Waals surface area contributed by atoms with E-state index in [4.69, 9.17) is 33.2 Å². The minimum atomic E-state index is -5.27. The second kappa shape index (κ2) is 40.0. The second-order valence-corrected chi connectivity index (χ2v) is 23.3. The Morgan fingerprint density at radius 1 is 0.524 bits per heavy atom. The maximum atomic E-state index is 14.5. The molecule has 30 nitrogen and oxygen atoms in total. The molecule has 0 unspecified atom stereocenters. The average Bonchev–Trinajstić information content (AvgIpc) is 3.24. The van der Waals surface area contributed by atoms with Crippen LogP contribution in [-0.2, 0) is 57.0 Å². The molecule has 0 aliphatic carbocycles. The van der Waals surface area contributed by atoms with Gasteiger partial charge in [-0.25, -0.2) is 9.36 Å². The van der Waals surface area contributed by atoms with Crippen LogP contribution >= 0.6 is 7.82 Å². The number of phosphoric ester groups is 1. The number of hydrogen-bond donors (Lipinski definition) is 17. The lowest BCUT2D eigenvalue weighted by atomic mass is 10.0. The van der Waals surface area contributed by atoms with Crippen LogP contribution in [0.25, 0.3) is 0 Å². The topological polar surface area (TPSA) is 499 Å². The number of nitrogens with two attached hydrogens (primary N) is 5. The highest BCUT2D eigenvalue weighted by molar-refractivity contribution is 7.46. The summed E-state index contributed by atoms with van der Waals surface area (Å²) < 4.78 is 17.0. The number of phosphoric acid groups is 1. The minimum Gasteiger partial charge on any atom is -0.480 e. The molecule has 31 heteroatoms. The summed E-state index contributed by atoms with van der Waals surface area (Å²) in [6.07, 6.45) is 4.67. The number of carbonyl (C=O) groups excluding carboxylic acids is 9. The lowest BCUT2D eigenvalue weighted by Crippen LogP contribution is -2.61. The first kappa shape index (κ1) is 74.7. The van der Waals surface area contributed by atoms with E-state index in [1.54, 1.807) is 13.8 Å². The van der Waals surface area contributed by atoms with Gasteiger partial charge in [-0.15, -0.1) is 0 Å². The van der Waals surface area contributed by atoms with Gasteiger partial charge in [0.25, 0.3) is 0 Å². The smallest absolute Gasteiger partial charge is 0.469 e. The van der Waals surface area contributed by atoms with E-state index in [1.165, 1.54) is 6.92 Å². The van der Waals surface area contributed by atoms with Gasteiger partial charge in [0.1, 0.15) is 54.4 Å². The number of likely N-dealkylation sites (tertiary alicyclic amines) is 1. The van der Waals surface area contributed by atoms with Gasteiger partial charge >= 0.3 is 13.8 Å². The Balaban J connectivity index is 2.39. The molecule has 9 amide bonds. The van der Waals surface area contributed by atoms with E-state index in [2.05, 4.69) is 47.9 Å². The normalized spacial score (nSPS) is 18.4. The highest BCUT2D eigenvalue weighted by Gasteiger charge is 2.43. The molecule has 2 rings (SSSR count). The molecule has 0 bridgehead atoms. The molecule has 2 fully saturated rings. The molecule has 0 aromatic rings. The maximum Gasteiger partial charge on any atom is 0.469 e. The van der Waals surface area contributed by atoms with E-state index in [1.807, 2.05) is 0 Å². The molecule has 2 aliphatic rings. The summed E-state index contributed by atoms with van der Waals surface area (Å²) in [6.45, 7) is 8.03. The Kier molecular flexibility index (Phi) is 35.6. The number of carboxylic acids is 1. The third-order valence-electron chi connectivity index (χ3n) is 14.5. The SMILES string of the molecule is CC(C)C[C@H](NC(=O)[C@H](CCCCN)NC(=O)[C@H](CCCCN)NC(=O)[C@H](C)NC(=O)[C@H](CCCCN)NC(=O)[C@H](CCCCN)NC(=O)[C@@H]1CCCN1C(=O)[C@@H](NC(=O)[C@H](CCCCN)NC(=O)[C@@H]1CCCN1)[C@@H](C)OP(=O)(O)O)C(=O)O. The number of carbonyl (C=O) groups is 10. The number of nitrogens with one attached hydrogen (secondary N) is 9. The van der Waals surface area contributed by atoms with Gasteiger partial charge in [-0.05, 0) is 187 Å². The third-order valence-corrected chi connectivity index (χ3v) is 15.1. The van der Waals surface area contributed by atoms with Crippen molar-refractivity contribution in [2.45, 2.75) is 223 Å². The summed E-state index contributed by atoms with van der Waals surface area (Å²) in [7, 11) is -5.27. The van der Waals surface area contributed by atoms with Crippen LogP contribution in [0.2, 0.25) is 0 Å². The maximum absolute atomic E-state index is 14.5. The number of hydrogen-bond acceptors (Lipinski definition) is 18. The zero-order chi connectivity index (χ0) is 62.9. The molecule has 0 spiro atoms. The number of amides is 9. The largest absolute Gasteiger partial charge is 0.480 e. The van der Waals surface area contributed by atoms with Crippen molar-refractivity contribution in [2.75, 3.05) is 45.8 Å². The fraction of sp³-hybridized carbons (Fsp3) is 0.811. The Labute approximate surface area is 493 Å². The van der Waals surface area contributed by atoms with Crippen LogP contribution in [0.1, 0.15) is 156 Å². The molecule has 2 aliphatic heterocycles. The van der Waals surface area contributed by atoms with Crippen LogP contribution in [-0.4, -0.2) is 191 Å². The van der Waals surface area contributed by atoms with Crippen molar-refractivity contribution in [3.8, 4) is 0 Å². The van der Waals surface area contributed by atoms with Crippen molar-refractivity contribution >= 4 is 67.0 Å². The molecular weight excluding hydrogens is 1120 g/mol. The molecular formula is C53H100N15O15P. The number of carboxylic acid groups (broad SMARTS) is 1. The van der Waals surface area contributed by atoms with E-state index in [0.29, 0.717) is 90.3 Å². The lowest BCUT2D eigenvalue weighted by molar-refractivity contribution is -0.144. The average molecular weight is 1220 g/mol. The summed E-state index contributed by atoms with van der Waals surface area (Å²) >= 11 is 0. The van der Waals surface area contributed by atoms with Crippen LogP contribution in [0.3, 0.4) is 0 Å². The van der Waals surface area contributed by atoms with Crippen molar-refractivity contribution < 1.29 is 71.9 Å². The molecule has 0 aromatic carbocycles. The number of nitrogens with zero attached hydrogens (tertiary/aromatic N) is 1. The number of aliphatic carboxylic acids is 1. The Morgan fingerprint density at radius 3 is 1.31 bits per heavy atom. The Hall–Kier alpha value is -5.43. The van der Waals surface area contributed by atoms with E-state index in [-0.39, 0.29) is 83.5 Å². The van der Waals surface area contributed by atoms with Crippen molar-refractivity contribution in [3.63, 3.8) is 0 Å². The van der Waals surface area contributed by atoms with Crippen LogP contribution < -0.4 is 76.5 Å². The van der Waals surface area contributed by atoms with E-state index in [0.717, 1.165) is 18.2 Å². The van der Waals surface area contributed by atoms with Gasteiger partial charge in [0.05, 0.1) is 12.1 Å². The van der Waals surface area contributed by atoms with Crippen molar-refractivity contribution in [2.24, 2.45) is 34.6 Å². The second-order valence-electron chi connectivity index (χ2n) is 22.1. The Morgan fingerprint density at radius 2 is 0.917 bits per heavy atom. The van der Waals surface area contributed by atoms with Gasteiger partial charge in [0, 0.05) is 6.54 Å². The number of unbranched alkanes of at least 4 members (excludes halogenated alkanes) is 5. The first-order chi connectivity index (χ1) is 39.8. The monoisotopic (exact) mass is 1220 g/mol. The molecule has 0 radical (unpaired) electrons. The first-order valence-electron chi connectivity index (χ1n) is 29.8. The first-order valence-corrected chi connectivity index (χ1v) is 31.3. The molecule has 482 valence electrons. The van der Waals surface area contributed by atoms with E-state index >= 15 is 0 Å².